The number of nitrogens with zero attached hydrogens (tertiary/aromatic N) is 2. The molecule has 12 heteroatoms. The average Bonchev–Trinajstić information content (AvgIpc) is 3.04. The first-order chi connectivity index (χ1) is 21.4. The molecule has 3 N–H and O–H groups in total. The Morgan fingerprint density at radius 2 is 1.73 bits per heavy atom. The molecular formula is C33H39F3N4O5. The van der Waals surface area contributed by atoms with Gasteiger partial charge >= 0.3 is 12.2 Å². The number of alkyl halides is 3. The van der Waals surface area contributed by atoms with Crippen LogP contribution >= 0.6 is 0 Å². The minimum atomic E-state index is -4.40. The third-order valence-corrected chi connectivity index (χ3v) is 7.75. The molecule has 3 atom stereocenters. The Kier molecular flexibility index (Phi) is 10.9. The van der Waals surface area contributed by atoms with E-state index in [1.54, 1.807) is 61.4 Å². The monoisotopic (exact) mass is 628 g/mol. The number of fused-ring (bicyclic) bond motifs is 1. The van der Waals surface area contributed by atoms with E-state index in [-0.39, 0.29) is 24.9 Å². The summed E-state index contributed by atoms with van der Waals surface area (Å²) in [5.74, 6) is 0.804. The quantitative estimate of drug-likeness (QED) is 0.284. The predicted molar refractivity (Wildman–Crippen MR) is 165 cm³/mol. The van der Waals surface area contributed by atoms with Gasteiger partial charge in [0.1, 0.15) is 17.6 Å². The molecule has 0 aliphatic carbocycles. The highest BCUT2D eigenvalue weighted by atomic mass is 19.4. The van der Waals surface area contributed by atoms with Gasteiger partial charge in [-0.2, -0.15) is 13.2 Å². The number of nitrogens with one attached hydrogen (secondary N) is 2. The summed E-state index contributed by atoms with van der Waals surface area (Å²) in [4.78, 5) is 29.8. The SMILES string of the molecule is COc1ccc(NC(=O)Nc2ccc3c(c2)CC(=O)N([C@H](C)CO)C[C@@H](C)[C@@H](CN(C)Cc2ccc(C(F)(F)F)cc2)O3)cc1. The van der Waals surface area contributed by atoms with Gasteiger partial charge in [0.15, 0.2) is 0 Å². The van der Waals surface area contributed by atoms with Crippen LogP contribution < -0.4 is 20.1 Å². The van der Waals surface area contributed by atoms with Crippen molar-refractivity contribution in [2.45, 2.75) is 45.1 Å². The Labute approximate surface area is 260 Å². The molecule has 0 saturated carbocycles. The lowest BCUT2D eigenvalue weighted by Crippen LogP contribution is -2.47. The number of hydrogen-bond donors (Lipinski definition) is 3. The Balaban J connectivity index is 1.53. The molecule has 3 aromatic carbocycles. The standard InChI is InChI=1S/C33H39F3N4O5/c1-21-17-40(22(2)20-41)31(42)16-24-15-27(38-32(43)37-26-9-12-28(44-4)13-10-26)11-14-29(24)45-30(21)19-39(3)18-23-5-7-25(8-6-23)33(34,35)36/h5-15,21-22,30,41H,16-20H2,1-4H3,(H2,37,38,43)/t21-,22-,30-/m1/s1. The van der Waals surface area contributed by atoms with Gasteiger partial charge in [-0.15, -0.1) is 0 Å². The highest BCUT2D eigenvalue weighted by molar-refractivity contribution is 6.00. The van der Waals surface area contributed by atoms with Crippen LogP contribution in [-0.4, -0.2) is 72.8 Å². The first-order valence-corrected chi connectivity index (χ1v) is 14.6. The number of likely N-dealkylation sites (N-methyl/N-ethyl adjacent to an activating group) is 1. The maximum atomic E-state index is 13.5. The fraction of sp³-hybridized carbons (Fsp3) is 0.394. The number of aliphatic hydroxyl groups is 1. The van der Waals surface area contributed by atoms with E-state index < -0.39 is 29.9 Å². The van der Waals surface area contributed by atoms with Crippen LogP contribution in [0.1, 0.15) is 30.5 Å². The summed E-state index contributed by atoms with van der Waals surface area (Å²) < 4.78 is 50.7. The number of ether oxygens (including phenoxy) is 2. The topological polar surface area (TPSA) is 103 Å². The van der Waals surface area contributed by atoms with Crippen molar-refractivity contribution >= 4 is 23.3 Å². The summed E-state index contributed by atoms with van der Waals surface area (Å²) in [6.45, 7) is 4.67. The van der Waals surface area contributed by atoms with Crippen molar-refractivity contribution in [1.82, 2.24) is 9.80 Å². The summed E-state index contributed by atoms with van der Waals surface area (Å²) in [5, 5.41) is 15.4. The van der Waals surface area contributed by atoms with E-state index in [9.17, 15) is 27.9 Å². The highest BCUT2D eigenvalue weighted by Gasteiger charge is 2.32. The van der Waals surface area contributed by atoms with Crippen molar-refractivity contribution in [2.24, 2.45) is 5.92 Å². The van der Waals surface area contributed by atoms with E-state index in [4.69, 9.17) is 9.47 Å². The molecular weight excluding hydrogens is 589 g/mol. The molecule has 0 spiro atoms. The maximum absolute atomic E-state index is 13.5. The van der Waals surface area contributed by atoms with Crippen molar-refractivity contribution in [1.29, 1.82) is 0 Å². The van der Waals surface area contributed by atoms with Gasteiger partial charge in [-0.25, -0.2) is 4.79 Å². The number of amides is 3. The van der Waals surface area contributed by atoms with Crippen LogP contribution in [0.15, 0.2) is 66.7 Å². The molecule has 1 aliphatic heterocycles. The summed E-state index contributed by atoms with van der Waals surface area (Å²) in [5.41, 5.74) is 1.62. The summed E-state index contributed by atoms with van der Waals surface area (Å²) in [7, 11) is 3.41. The summed E-state index contributed by atoms with van der Waals surface area (Å²) in [6.07, 6.45) is -4.81. The lowest BCUT2D eigenvalue weighted by molar-refractivity contribution is -0.137. The van der Waals surface area contributed by atoms with Gasteiger partial charge in [-0.05, 0) is 74.1 Å². The lowest BCUT2D eigenvalue weighted by atomic mass is 10.0. The Bertz CT molecular complexity index is 1450. The molecule has 0 fully saturated rings. The zero-order valence-electron chi connectivity index (χ0n) is 25.7. The van der Waals surface area contributed by atoms with E-state index in [2.05, 4.69) is 10.6 Å². The number of anilines is 2. The van der Waals surface area contributed by atoms with Crippen LogP contribution in [0.3, 0.4) is 0 Å². The molecule has 1 aliphatic rings. The van der Waals surface area contributed by atoms with E-state index in [1.165, 1.54) is 12.1 Å². The third-order valence-electron chi connectivity index (χ3n) is 7.75. The van der Waals surface area contributed by atoms with Crippen LogP contribution in [0.5, 0.6) is 11.5 Å². The number of hydrogen-bond acceptors (Lipinski definition) is 6. The van der Waals surface area contributed by atoms with Gasteiger partial charge in [-0.3, -0.25) is 9.69 Å². The predicted octanol–water partition coefficient (Wildman–Crippen LogP) is 5.64. The Morgan fingerprint density at radius 3 is 2.36 bits per heavy atom. The average molecular weight is 629 g/mol. The molecule has 0 aromatic heterocycles. The molecule has 3 aromatic rings. The molecule has 45 heavy (non-hydrogen) atoms. The van der Waals surface area contributed by atoms with Crippen molar-refractivity contribution in [3.05, 3.63) is 83.4 Å². The van der Waals surface area contributed by atoms with Crippen LogP contribution in [0.25, 0.3) is 0 Å². The minimum absolute atomic E-state index is 0.00384. The Morgan fingerprint density at radius 1 is 1.09 bits per heavy atom. The van der Waals surface area contributed by atoms with Crippen LogP contribution in [-0.2, 0) is 23.9 Å². The highest BCUT2D eigenvalue weighted by Crippen LogP contribution is 2.31. The van der Waals surface area contributed by atoms with Crippen molar-refractivity contribution < 1.29 is 37.3 Å². The molecule has 3 amide bonds. The second-order valence-electron chi connectivity index (χ2n) is 11.4. The van der Waals surface area contributed by atoms with Crippen molar-refractivity contribution in [2.75, 3.05) is 44.5 Å². The van der Waals surface area contributed by atoms with Gasteiger partial charge in [0.2, 0.25) is 5.91 Å². The molecule has 242 valence electrons. The largest absolute Gasteiger partial charge is 0.497 e. The second-order valence-corrected chi connectivity index (χ2v) is 11.4. The van der Waals surface area contributed by atoms with E-state index in [0.717, 1.165) is 17.7 Å². The maximum Gasteiger partial charge on any atom is 0.416 e. The van der Waals surface area contributed by atoms with Crippen molar-refractivity contribution in [3.8, 4) is 11.5 Å². The fourth-order valence-corrected chi connectivity index (χ4v) is 5.18. The number of carbonyl (C=O) groups excluding carboxylic acids is 2. The second kappa shape index (κ2) is 14.7. The van der Waals surface area contributed by atoms with Gasteiger partial charge in [0, 0.05) is 42.5 Å². The molecule has 4 rings (SSSR count). The van der Waals surface area contributed by atoms with Gasteiger partial charge < -0.3 is 30.1 Å². The van der Waals surface area contributed by atoms with E-state index in [0.29, 0.717) is 48.1 Å². The molecule has 0 bridgehead atoms. The molecule has 9 nitrogen and oxygen atoms in total. The number of carbonyl (C=O) groups is 2. The number of rotatable bonds is 9. The fourth-order valence-electron chi connectivity index (χ4n) is 5.18. The first kappa shape index (κ1) is 33.6. The Hall–Kier alpha value is -4.29. The number of benzene rings is 3. The number of aliphatic hydroxyl groups excluding tert-OH is 1. The van der Waals surface area contributed by atoms with Gasteiger partial charge in [-0.1, -0.05) is 19.1 Å². The molecule has 0 radical (unpaired) electrons. The molecule has 1 heterocycles. The number of methoxy groups -OCH3 is 1. The zero-order valence-corrected chi connectivity index (χ0v) is 25.7. The summed E-state index contributed by atoms with van der Waals surface area (Å²) >= 11 is 0. The van der Waals surface area contributed by atoms with Gasteiger partial charge in [0.05, 0.1) is 31.7 Å². The first-order valence-electron chi connectivity index (χ1n) is 14.6. The number of urea groups is 1. The minimum Gasteiger partial charge on any atom is -0.497 e. The molecule has 0 unspecified atom stereocenters. The third kappa shape index (κ3) is 9.11. The molecule has 0 saturated heterocycles. The van der Waals surface area contributed by atoms with Gasteiger partial charge in [0.25, 0.3) is 0 Å². The number of halogens is 3. The van der Waals surface area contributed by atoms with Crippen LogP contribution in [0.2, 0.25) is 0 Å². The smallest absolute Gasteiger partial charge is 0.416 e. The summed E-state index contributed by atoms with van der Waals surface area (Å²) in [6, 6.07) is 16.1. The van der Waals surface area contributed by atoms with Crippen molar-refractivity contribution in [3.63, 3.8) is 0 Å². The zero-order chi connectivity index (χ0) is 32.7. The van der Waals surface area contributed by atoms with E-state index >= 15 is 0 Å². The van der Waals surface area contributed by atoms with Crippen LogP contribution in [0.4, 0.5) is 29.3 Å². The normalized spacial score (nSPS) is 17.8. The van der Waals surface area contributed by atoms with E-state index in [1.807, 2.05) is 18.9 Å². The van der Waals surface area contributed by atoms with Crippen LogP contribution in [0, 0.1) is 5.92 Å². The lowest BCUT2D eigenvalue weighted by Gasteiger charge is -2.34.